The number of rotatable bonds is 4. The largest absolute Gasteiger partial charge is 0.319 e. The zero-order chi connectivity index (χ0) is 20.7. The summed E-state index contributed by atoms with van der Waals surface area (Å²) in [5.74, 6) is -0.726. The van der Waals surface area contributed by atoms with Gasteiger partial charge in [0.15, 0.2) is 5.82 Å². The van der Waals surface area contributed by atoms with Crippen molar-refractivity contribution in [3.8, 4) is 17.1 Å². The third kappa shape index (κ3) is 3.14. The fourth-order valence-electron chi connectivity index (χ4n) is 3.59. The SMILES string of the molecule is Cc1ccccc1Cn1c(-c2ccc(-n3cncn3)cc2)nc2c(F)cc(F)cc21. The number of halogens is 2. The van der Waals surface area contributed by atoms with E-state index in [1.807, 2.05) is 60.0 Å². The van der Waals surface area contributed by atoms with E-state index in [-0.39, 0.29) is 5.52 Å². The molecular formula is C23H17F2N5. The van der Waals surface area contributed by atoms with Crippen LogP contribution in [-0.4, -0.2) is 24.3 Å². The lowest BCUT2D eigenvalue weighted by atomic mass is 10.1. The van der Waals surface area contributed by atoms with Crippen LogP contribution in [0.15, 0.2) is 73.3 Å². The molecule has 0 fully saturated rings. The second-order valence-electron chi connectivity index (χ2n) is 7.09. The minimum absolute atomic E-state index is 0.153. The quantitative estimate of drug-likeness (QED) is 0.430. The van der Waals surface area contributed by atoms with E-state index in [1.54, 1.807) is 11.0 Å². The van der Waals surface area contributed by atoms with Gasteiger partial charge in [0.05, 0.1) is 11.2 Å². The third-order valence-electron chi connectivity index (χ3n) is 5.17. The Kier molecular flexibility index (Phi) is 4.35. The predicted octanol–water partition coefficient (Wildman–Crippen LogP) is 4.92. The molecule has 0 saturated carbocycles. The molecule has 3 aromatic carbocycles. The van der Waals surface area contributed by atoms with Crippen LogP contribution < -0.4 is 0 Å². The van der Waals surface area contributed by atoms with Crippen LogP contribution in [0.5, 0.6) is 0 Å². The van der Waals surface area contributed by atoms with Gasteiger partial charge in [-0.3, -0.25) is 0 Å². The molecule has 0 amide bonds. The Morgan fingerprint density at radius 2 is 1.77 bits per heavy atom. The lowest BCUT2D eigenvalue weighted by molar-refractivity contribution is 0.590. The zero-order valence-electron chi connectivity index (χ0n) is 16.1. The average Bonchev–Trinajstić information content (AvgIpc) is 3.39. The van der Waals surface area contributed by atoms with Gasteiger partial charge >= 0.3 is 0 Å². The smallest absolute Gasteiger partial charge is 0.153 e. The Morgan fingerprint density at radius 3 is 2.50 bits per heavy atom. The van der Waals surface area contributed by atoms with E-state index in [9.17, 15) is 8.78 Å². The highest BCUT2D eigenvalue weighted by Gasteiger charge is 2.18. The van der Waals surface area contributed by atoms with Crippen molar-refractivity contribution >= 4 is 11.0 Å². The molecule has 0 aliphatic carbocycles. The molecule has 0 saturated heterocycles. The van der Waals surface area contributed by atoms with Gasteiger partial charge in [-0.1, -0.05) is 24.3 Å². The number of aromatic nitrogens is 5. The Balaban J connectivity index is 1.67. The van der Waals surface area contributed by atoms with Gasteiger partial charge in [-0.25, -0.2) is 23.4 Å². The minimum atomic E-state index is -0.672. The zero-order valence-corrected chi connectivity index (χ0v) is 16.1. The molecule has 0 aliphatic rings. The average molecular weight is 401 g/mol. The lowest BCUT2D eigenvalue weighted by Crippen LogP contribution is -2.04. The molecule has 7 heteroatoms. The molecule has 148 valence electrons. The second-order valence-corrected chi connectivity index (χ2v) is 7.09. The van der Waals surface area contributed by atoms with Crippen LogP contribution >= 0.6 is 0 Å². The summed E-state index contributed by atoms with van der Waals surface area (Å²) >= 11 is 0. The van der Waals surface area contributed by atoms with E-state index >= 15 is 0 Å². The summed E-state index contributed by atoms with van der Waals surface area (Å²) in [6, 6.07) is 17.7. The monoisotopic (exact) mass is 401 g/mol. The number of imidazole rings is 1. The van der Waals surface area contributed by atoms with Crippen LogP contribution in [0.4, 0.5) is 8.78 Å². The molecule has 0 N–H and O–H groups in total. The molecule has 5 nitrogen and oxygen atoms in total. The second kappa shape index (κ2) is 7.18. The number of fused-ring (bicyclic) bond motifs is 1. The molecule has 5 rings (SSSR count). The normalized spacial score (nSPS) is 11.3. The van der Waals surface area contributed by atoms with Crippen molar-refractivity contribution in [3.63, 3.8) is 0 Å². The molecule has 0 spiro atoms. The Labute approximate surface area is 171 Å². The predicted molar refractivity (Wildman–Crippen MR) is 110 cm³/mol. The van der Waals surface area contributed by atoms with Crippen molar-refractivity contribution in [3.05, 3.63) is 96.1 Å². The third-order valence-corrected chi connectivity index (χ3v) is 5.17. The van der Waals surface area contributed by atoms with Crippen LogP contribution in [0.1, 0.15) is 11.1 Å². The van der Waals surface area contributed by atoms with E-state index in [4.69, 9.17) is 0 Å². The number of nitrogens with zero attached hydrogens (tertiary/aromatic N) is 5. The van der Waals surface area contributed by atoms with Gasteiger partial charge in [-0.05, 0) is 48.4 Å². The first kappa shape index (κ1) is 18.2. The molecule has 0 radical (unpaired) electrons. The first-order chi connectivity index (χ1) is 14.6. The summed E-state index contributed by atoms with van der Waals surface area (Å²) in [6.45, 7) is 2.47. The molecule has 30 heavy (non-hydrogen) atoms. The van der Waals surface area contributed by atoms with Gasteiger partial charge in [0.1, 0.15) is 29.8 Å². The van der Waals surface area contributed by atoms with Crippen LogP contribution in [0, 0.1) is 18.6 Å². The maximum atomic E-state index is 14.5. The highest BCUT2D eigenvalue weighted by Crippen LogP contribution is 2.29. The van der Waals surface area contributed by atoms with Gasteiger partial charge in [0, 0.05) is 18.2 Å². The summed E-state index contributed by atoms with van der Waals surface area (Å²) in [6.07, 6.45) is 3.08. The number of hydrogen-bond donors (Lipinski definition) is 0. The number of benzene rings is 3. The Bertz CT molecular complexity index is 1340. The minimum Gasteiger partial charge on any atom is -0.319 e. The van der Waals surface area contributed by atoms with Crippen molar-refractivity contribution in [2.45, 2.75) is 13.5 Å². The van der Waals surface area contributed by atoms with E-state index in [1.165, 1.54) is 12.4 Å². The van der Waals surface area contributed by atoms with Gasteiger partial charge < -0.3 is 4.57 Å². The fraction of sp³-hybridized carbons (Fsp3) is 0.0870. The highest BCUT2D eigenvalue weighted by molar-refractivity contribution is 5.81. The van der Waals surface area contributed by atoms with Crippen molar-refractivity contribution in [1.29, 1.82) is 0 Å². The first-order valence-electron chi connectivity index (χ1n) is 9.45. The van der Waals surface area contributed by atoms with Crippen LogP contribution in [0.2, 0.25) is 0 Å². The number of aryl methyl sites for hydroxylation is 1. The van der Waals surface area contributed by atoms with Crippen LogP contribution in [0.25, 0.3) is 28.1 Å². The topological polar surface area (TPSA) is 48.5 Å². The molecule has 0 unspecified atom stereocenters. The van der Waals surface area contributed by atoms with Crippen molar-refractivity contribution < 1.29 is 8.78 Å². The molecule has 0 bridgehead atoms. The summed E-state index contributed by atoms with van der Waals surface area (Å²) in [5.41, 5.74) is 4.37. The van der Waals surface area contributed by atoms with Gasteiger partial charge in [-0.15, -0.1) is 0 Å². The maximum absolute atomic E-state index is 14.5. The van der Waals surface area contributed by atoms with Crippen LogP contribution in [0.3, 0.4) is 0 Å². The van der Waals surface area contributed by atoms with E-state index in [0.29, 0.717) is 17.9 Å². The number of hydrogen-bond acceptors (Lipinski definition) is 3. The standard InChI is InChI=1S/C23H17F2N5/c1-15-4-2-3-5-17(15)12-29-21-11-18(24)10-20(25)22(21)28-23(29)16-6-8-19(9-7-16)30-14-26-13-27-30/h2-11,13-14H,12H2,1H3. The maximum Gasteiger partial charge on any atom is 0.153 e. The summed E-state index contributed by atoms with van der Waals surface area (Å²) in [5, 5.41) is 4.12. The molecule has 0 aliphatic heterocycles. The van der Waals surface area contributed by atoms with E-state index < -0.39 is 11.6 Å². The molecular weight excluding hydrogens is 384 g/mol. The van der Waals surface area contributed by atoms with Crippen molar-refractivity contribution in [1.82, 2.24) is 24.3 Å². The summed E-state index contributed by atoms with van der Waals surface area (Å²) < 4.78 is 32.0. The van der Waals surface area contributed by atoms with Gasteiger partial charge in [0.2, 0.25) is 0 Å². The molecule has 5 aromatic rings. The van der Waals surface area contributed by atoms with E-state index in [0.717, 1.165) is 28.4 Å². The molecule has 0 atom stereocenters. The lowest BCUT2D eigenvalue weighted by Gasteiger charge is -2.12. The van der Waals surface area contributed by atoms with Gasteiger partial charge in [0.25, 0.3) is 0 Å². The van der Waals surface area contributed by atoms with Gasteiger partial charge in [-0.2, -0.15) is 5.10 Å². The first-order valence-corrected chi connectivity index (χ1v) is 9.45. The molecule has 2 heterocycles. The Hall–Kier alpha value is -3.87. The van der Waals surface area contributed by atoms with Crippen LogP contribution in [-0.2, 0) is 6.54 Å². The summed E-state index contributed by atoms with van der Waals surface area (Å²) in [4.78, 5) is 8.48. The fourth-order valence-corrected chi connectivity index (χ4v) is 3.59. The highest BCUT2D eigenvalue weighted by atomic mass is 19.1. The Morgan fingerprint density at radius 1 is 0.967 bits per heavy atom. The van der Waals surface area contributed by atoms with Crippen molar-refractivity contribution in [2.24, 2.45) is 0 Å². The molecule has 2 aromatic heterocycles. The summed E-state index contributed by atoms with van der Waals surface area (Å²) in [7, 11) is 0. The van der Waals surface area contributed by atoms with E-state index in [2.05, 4.69) is 15.1 Å². The van der Waals surface area contributed by atoms with Crippen molar-refractivity contribution in [2.75, 3.05) is 0 Å².